The Kier molecular flexibility index (Phi) is 4.54. The average Bonchev–Trinajstić information content (AvgIpc) is 2.42. The van der Waals surface area contributed by atoms with Crippen LogP contribution in [0.2, 0.25) is 0 Å². The second-order valence-corrected chi connectivity index (χ2v) is 4.99. The number of piperidine rings is 1. The van der Waals surface area contributed by atoms with Crippen molar-refractivity contribution in [3.63, 3.8) is 0 Å². The van der Waals surface area contributed by atoms with Gasteiger partial charge in [0.05, 0.1) is 11.9 Å². The zero-order chi connectivity index (χ0) is 12.8. The van der Waals surface area contributed by atoms with E-state index in [9.17, 15) is 0 Å². The number of rotatable bonds is 4. The predicted octanol–water partition coefficient (Wildman–Crippen LogP) is 2.10. The highest BCUT2D eigenvalue weighted by Gasteiger charge is 2.14. The molecule has 4 nitrogen and oxygen atoms in total. The van der Waals surface area contributed by atoms with E-state index in [1.807, 2.05) is 12.1 Å². The lowest BCUT2D eigenvalue weighted by molar-refractivity contribution is 0.199. The minimum atomic E-state index is 0.463. The fourth-order valence-electron chi connectivity index (χ4n) is 2.21. The third-order valence-corrected chi connectivity index (χ3v) is 3.51. The number of hydrogen-bond acceptors (Lipinski definition) is 4. The molecule has 96 valence electrons. The molecule has 4 heteroatoms. The first-order valence-corrected chi connectivity index (χ1v) is 6.60. The summed E-state index contributed by atoms with van der Waals surface area (Å²) >= 11 is 0. The van der Waals surface area contributed by atoms with Crippen LogP contribution in [-0.2, 0) is 0 Å². The Morgan fingerprint density at radius 2 is 2.22 bits per heavy atom. The number of likely N-dealkylation sites (tertiary alicyclic amines) is 1. The van der Waals surface area contributed by atoms with Crippen LogP contribution in [0.3, 0.4) is 0 Å². The van der Waals surface area contributed by atoms with Crippen LogP contribution < -0.4 is 5.32 Å². The van der Waals surface area contributed by atoms with Crippen molar-refractivity contribution in [3.8, 4) is 6.07 Å². The highest BCUT2D eigenvalue weighted by molar-refractivity contribution is 5.42. The summed E-state index contributed by atoms with van der Waals surface area (Å²) in [5, 5.41) is 12.0. The molecule has 1 N–H and O–H groups in total. The number of nitriles is 1. The lowest BCUT2D eigenvalue weighted by atomic mass is 9.99. The maximum Gasteiger partial charge on any atom is 0.140 e. The Morgan fingerprint density at radius 3 is 2.83 bits per heavy atom. The largest absolute Gasteiger partial charge is 0.383 e. The Morgan fingerprint density at radius 1 is 1.44 bits per heavy atom. The minimum absolute atomic E-state index is 0.463. The third-order valence-electron chi connectivity index (χ3n) is 3.51. The van der Waals surface area contributed by atoms with Crippen LogP contribution >= 0.6 is 0 Å². The summed E-state index contributed by atoms with van der Waals surface area (Å²) in [6.07, 6.45) is 4.35. The Labute approximate surface area is 109 Å². The molecule has 0 spiro atoms. The van der Waals surface area contributed by atoms with Crippen molar-refractivity contribution < 1.29 is 0 Å². The van der Waals surface area contributed by atoms with Gasteiger partial charge < -0.3 is 10.2 Å². The molecule has 0 atom stereocenters. The summed E-state index contributed by atoms with van der Waals surface area (Å²) < 4.78 is 0. The van der Waals surface area contributed by atoms with Gasteiger partial charge in [0.25, 0.3) is 0 Å². The van der Waals surface area contributed by atoms with Crippen LogP contribution in [0, 0.1) is 17.2 Å². The number of nitrogens with zero attached hydrogens (tertiary/aromatic N) is 3. The highest BCUT2D eigenvalue weighted by atomic mass is 15.1. The lowest BCUT2D eigenvalue weighted by Crippen LogP contribution is -2.36. The van der Waals surface area contributed by atoms with Gasteiger partial charge in [0.1, 0.15) is 11.8 Å². The predicted molar refractivity (Wildman–Crippen MR) is 72.3 cm³/mol. The maximum atomic E-state index is 8.66. The fraction of sp³-hybridized carbons (Fsp3) is 0.571. The van der Waals surface area contributed by atoms with Gasteiger partial charge in [-0.25, -0.2) is 4.98 Å². The first kappa shape index (κ1) is 12.8. The third kappa shape index (κ3) is 3.71. The smallest absolute Gasteiger partial charge is 0.140 e. The number of pyridine rings is 1. The van der Waals surface area contributed by atoms with Crippen molar-refractivity contribution >= 4 is 5.69 Å². The van der Waals surface area contributed by atoms with E-state index in [4.69, 9.17) is 5.26 Å². The second kappa shape index (κ2) is 6.36. The summed E-state index contributed by atoms with van der Waals surface area (Å²) in [5.41, 5.74) is 1.45. The molecule has 18 heavy (non-hydrogen) atoms. The lowest BCUT2D eigenvalue weighted by Gasteiger charge is -2.30. The molecule has 0 bridgehead atoms. The SMILES string of the molecule is CC1CCN(CCNc2ccc(C#N)nc2)CC1. The van der Waals surface area contributed by atoms with E-state index >= 15 is 0 Å². The van der Waals surface area contributed by atoms with Crippen molar-refractivity contribution in [2.24, 2.45) is 5.92 Å². The molecule has 0 amide bonds. The van der Waals surface area contributed by atoms with Crippen molar-refractivity contribution in [1.82, 2.24) is 9.88 Å². The summed E-state index contributed by atoms with van der Waals surface area (Å²) in [5.74, 6) is 0.886. The van der Waals surface area contributed by atoms with E-state index in [2.05, 4.69) is 22.1 Å². The standard InChI is InChI=1S/C14H20N4/c1-12-4-7-18(8-5-12)9-6-16-14-3-2-13(10-15)17-11-14/h2-3,11-12,16H,4-9H2,1H3. The van der Waals surface area contributed by atoms with E-state index in [0.29, 0.717) is 5.69 Å². The molecule has 1 saturated heterocycles. The molecule has 1 fully saturated rings. The topological polar surface area (TPSA) is 52.0 Å². The summed E-state index contributed by atoms with van der Waals surface area (Å²) in [6, 6.07) is 5.67. The number of aromatic nitrogens is 1. The monoisotopic (exact) mass is 244 g/mol. The van der Waals surface area contributed by atoms with Gasteiger partial charge in [0, 0.05) is 13.1 Å². The van der Waals surface area contributed by atoms with Crippen LogP contribution in [0.4, 0.5) is 5.69 Å². The van der Waals surface area contributed by atoms with Crippen LogP contribution in [0.25, 0.3) is 0 Å². The molecule has 0 unspecified atom stereocenters. The van der Waals surface area contributed by atoms with Gasteiger partial charge in [-0.15, -0.1) is 0 Å². The molecule has 1 aliphatic rings. The van der Waals surface area contributed by atoms with Gasteiger partial charge in [0.15, 0.2) is 0 Å². The van der Waals surface area contributed by atoms with Gasteiger partial charge in [0.2, 0.25) is 0 Å². The molecule has 0 aromatic carbocycles. The molecule has 1 aromatic rings. The second-order valence-electron chi connectivity index (χ2n) is 4.99. The molecule has 0 saturated carbocycles. The van der Waals surface area contributed by atoms with Gasteiger partial charge in [-0.2, -0.15) is 5.26 Å². The van der Waals surface area contributed by atoms with Crippen molar-refractivity contribution in [2.75, 3.05) is 31.5 Å². The highest BCUT2D eigenvalue weighted by Crippen LogP contribution is 2.15. The molecule has 0 radical (unpaired) electrons. The first-order chi connectivity index (χ1) is 8.78. The zero-order valence-corrected chi connectivity index (χ0v) is 10.9. The molecule has 1 aliphatic heterocycles. The molecule has 2 rings (SSSR count). The van der Waals surface area contributed by atoms with Crippen molar-refractivity contribution in [2.45, 2.75) is 19.8 Å². The molecule has 2 heterocycles. The number of hydrogen-bond donors (Lipinski definition) is 1. The quantitative estimate of drug-likeness (QED) is 0.881. The van der Waals surface area contributed by atoms with Gasteiger partial charge in [-0.05, 0) is 44.0 Å². The number of nitrogens with one attached hydrogen (secondary N) is 1. The van der Waals surface area contributed by atoms with Crippen LogP contribution in [-0.4, -0.2) is 36.1 Å². The zero-order valence-electron chi connectivity index (χ0n) is 10.9. The van der Waals surface area contributed by atoms with E-state index in [0.717, 1.165) is 24.7 Å². The van der Waals surface area contributed by atoms with E-state index in [1.54, 1.807) is 12.3 Å². The molecular weight excluding hydrogens is 224 g/mol. The summed E-state index contributed by atoms with van der Waals surface area (Å²) in [4.78, 5) is 6.54. The van der Waals surface area contributed by atoms with Gasteiger partial charge in [-0.3, -0.25) is 0 Å². The van der Waals surface area contributed by atoms with Crippen LogP contribution in [0.5, 0.6) is 0 Å². The van der Waals surface area contributed by atoms with Crippen molar-refractivity contribution in [1.29, 1.82) is 5.26 Å². The summed E-state index contributed by atoms with van der Waals surface area (Å²) in [7, 11) is 0. The normalized spacial score (nSPS) is 17.3. The minimum Gasteiger partial charge on any atom is -0.383 e. The van der Waals surface area contributed by atoms with Gasteiger partial charge >= 0.3 is 0 Å². The van der Waals surface area contributed by atoms with E-state index in [1.165, 1.54) is 25.9 Å². The molecule has 1 aromatic heterocycles. The molecule has 0 aliphatic carbocycles. The van der Waals surface area contributed by atoms with E-state index < -0.39 is 0 Å². The molecular formula is C14H20N4. The average molecular weight is 244 g/mol. The Bertz CT molecular complexity index is 399. The Hall–Kier alpha value is -1.60. The Balaban J connectivity index is 1.70. The van der Waals surface area contributed by atoms with Crippen LogP contribution in [0.1, 0.15) is 25.5 Å². The number of anilines is 1. The first-order valence-electron chi connectivity index (χ1n) is 6.60. The summed E-state index contributed by atoms with van der Waals surface area (Å²) in [6.45, 7) is 6.77. The fourth-order valence-corrected chi connectivity index (χ4v) is 2.21. The van der Waals surface area contributed by atoms with Gasteiger partial charge in [-0.1, -0.05) is 6.92 Å². The van der Waals surface area contributed by atoms with Crippen LogP contribution in [0.15, 0.2) is 18.3 Å². The van der Waals surface area contributed by atoms with Crippen molar-refractivity contribution in [3.05, 3.63) is 24.0 Å². The van der Waals surface area contributed by atoms with E-state index in [-0.39, 0.29) is 0 Å². The maximum absolute atomic E-state index is 8.66.